The number of hydrogen-bond acceptors (Lipinski definition) is 8. The second kappa shape index (κ2) is 8.27. The standard InChI is InChI=1S/C16H18N4O3S2/c1-10(2)16(3,8-17)20-12(21)6-23-13(22)7-25-15-11-4-5-24-14(11)18-9-19-15/h4-5,9-10H,6-7H2,1-3H3,(H,20,21)/t16-/m1/s1. The summed E-state index contributed by atoms with van der Waals surface area (Å²) in [6.45, 7) is 4.88. The molecule has 0 spiro atoms. The van der Waals surface area contributed by atoms with Crippen LogP contribution in [0.3, 0.4) is 0 Å². The van der Waals surface area contributed by atoms with Gasteiger partial charge in [-0.05, 0) is 24.3 Å². The fraction of sp³-hybridized carbons (Fsp3) is 0.438. The molecule has 0 aliphatic heterocycles. The van der Waals surface area contributed by atoms with E-state index in [9.17, 15) is 14.9 Å². The smallest absolute Gasteiger partial charge is 0.316 e. The Hall–Kier alpha value is -2.18. The van der Waals surface area contributed by atoms with E-state index in [-0.39, 0.29) is 11.7 Å². The van der Waals surface area contributed by atoms with Gasteiger partial charge in [-0.1, -0.05) is 25.6 Å². The van der Waals surface area contributed by atoms with Crippen LogP contribution in [0.15, 0.2) is 22.8 Å². The van der Waals surface area contributed by atoms with Crippen LogP contribution in [0.1, 0.15) is 20.8 Å². The van der Waals surface area contributed by atoms with E-state index in [1.54, 1.807) is 6.92 Å². The molecule has 0 aliphatic carbocycles. The number of ether oxygens (including phenoxy) is 1. The predicted octanol–water partition coefficient (Wildman–Crippen LogP) is 2.38. The van der Waals surface area contributed by atoms with E-state index < -0.39 is 24.0 Å². The Labute approximate surface area is 153 Å². The van der Waals surface area contributed by atoms with Crippen LogP contribution in [0, 0.1) is 17.2 Å². The van der Waals surface area contributed by atoms with E-state index in [0.717, 1.165) is 10.2 Å². The summed E-state index contributed by atoms with van der Waals surface area (Å²) in [5, 5.41) is 15.3. The minimum atomic E-state index is -0.996. The van der Waals surface area contributed by atoms with Gasteiger partial charge in [-0.15, -0.1) is 11.3 Å². The van der Waals surface area contributed by atoms with Crippen molar-refractivity contribution in [1.29, 1.82) is 5.26 Å². The number of carbonyl (C=O) groups excluding carboxylic acids is 2. The fourth-order valence-electron chi connectivity index (χ4n) is 1.82. The van der Waals surface area contributed by atoms with Crippen LogP contribution in [0.2, 0.25) is 0 Å². The van der Waals surface area contributed by atoms with Gasteiger partial charge in [0.2, 0.25) is 0 Å². The van der Waals surface area contributed by atoms with E-state index in [0.29, 0.717) is 5.03 Å². The highest BCUT2D eigenvalue weighted by Crippen LogP contribution is 2.27. The topological polar surface area (TPSA) is 105 Å². The van der Waals surface area contributed by atoms with Crippen molar-refractivity contribution < 1.29 is 14.3 Å². The number of aromatic nitrogens is 2. The normalized spacial score (nSPS) is 13.2. The number of carbonyl (C=O) groups is 2. The lowest BCUT2D eigenvalue weighted by molar-refractivity contribution is -0.146. The Balaban J connectivity index is 1.82. The third kappa shape index (κ3) is 4.90. The molecule has 132 valence electrons. The van der Waals surface area contributed by atoms with Gasteiger partial charge in [0, 0.05) is 5.39 Å². The fourth-order valence-corrected chi connectivity index (χ4v) is 3.40. The SMILES string of the molecule is CC(C)[C@@](C)(C#N)NC(=O)COC(=O)CSc1ncnc2sccc12. The molecule has 25 heavy (non-hydrogen) atoms. The molecule has 2 heterocycles. The third-order valence-corrected chi connectivity index (χ3v) is 5.50. The number of hydrogen-bond donors (Lipinski definition) is 1. The van der Waals surface area contributed by atoms with E-state index in [4.69, 9.17) is 4.74 Å². The number of esters is 1. The summed E-state index contributed by atoms with van der Waals surface area (Å²) in [5.41, 5.74) is -0.996. The lowest BCUT2D eigenvalue weighted by atomic mass is 9.90. The highest BCUT2D eigenvalue weighted by Gasteiger charge is 2.30. The van der Waals surface area contributed by atoms with Gasteiger partial charge in [0.05, 0.1) is 11.8 Å². The van der Waals surface area contributed by atoms with Gasteiger partial charge in [0.1, 0.15) is 21.7 Å². The Kier molecular flexibility index (Phi) is 6.33. The first-order chi connectivity index (χ1) is 11.9. The van der Waals surface area contributed by atoms with Crippen molar-refractivity contribution in [2.75, 3.05) is 12.4 Å². The van der Waals surface area contributed by atoms with Crippen molar-refractivity contribution in [3.05, 3.63) is 17.8 Å². The molecule has 2 rings (SSSR count). The molecule has 2 aromatic rings. The number of nitrogens with one attached hydrogen (secondary N) is 1. The molecule has 0 fully saturated rings. The van der Waals surface area contributed by atoms with Crippen molar-refractivity contribution in [2.24, 2.45) is 5.92 Å². The molecule has 0 aromatic carbocycles. The summed E-state index contributed by atoms with van der Waals surface area (Å²) in [7, 11) is 0. The van der Waals surface area contributed by atoms with Crippen LogP contribution < -0.4 is 5.32 Å². The first-order valence-corrected chi connectivity index (χ1v) is 9.41. The Bertz CT molecular complexity index is 815. The zero-order valence-corrected chi connectivity index (χ0v) is 15.7. The zero-order chi connectivity index (χ0) is 18.4. The van der Waals surface area contributed by atoms with Gasteiger partial charge >= 0.3 is 5.97 Å². The van der Waals surface area contributed by atoms with Crippen LogP contribution in [0.4, 0.5) is 0 Å². The van der Waals surface area contributed by atoms with Gasteiger partial charge in [-0.3, -0.25) is 9.59 Å². The highest BCUT2D eigenvalue weighted by molar-refractivity contribution is 8.00. The number of nitriles is 1. The highest BCUT2D eigenvalue weighted by atomic mass is 32.2. The summed E-state index contributed by atoms with van der Waals surface area (Å²) in [6, 6.07) is 3.97. The van der Waals surface area contributed by atoms with Crippen LogP contribution >= 0.6 is 23.1 Å². The van der Waals surface area contributed by atoms with Crippen LogP contribution in [0.5, 0.6) is 0 Å². The Morgan fingerprint density at radius 2 is 2.24 bits per heavy atom. The lowest BCUT2D eigenvalue weighted by Gasteiger charge is -2.27. The zero-order valence-electron chi connectivity index (χ0n) is 14.1. The maximum atomic E-state index is 11.9. The Morgan fingerprint density at radius 1 is 1.48 bits per heavy atom. The molecule has 0 bridgehead atoms. The molecule has 1 amide bonds. The van der Waals surface area contributed by atoms with Crippen molar-refractivity contribution in [3.63, 3.8) is 0 Å². The molecule has 9 heteroatoms. The monoisotopic (exact) mass is 378 g/mol. The van der Waals surface area contributed by atoms with E-state index >= 15 is 0 Å². The minimum Gasteiger partial charge on any atom is -0.455 e. The average Bonchev–Trinajstić information content (AvgIpc) is 3.07. The molecule has 0 saturated heterocycles. The van der Waals surface area contributed by atoms with Crippen LogP contribution in [0.25, 0.3) is 10.2 Å². The van der Waals surface area contributed by atoms with Gasteiger partial charge in [0.15, 0.2) is 6.61 Å². The molecule has 0 unspecified atom stereocenters. The Morgan fingerprint density at radius 3 is 2.92 bits per heavy atom. The van der Waals surface area contributed by atoms with Crippen LogP contribution in [-0.4, -0.2) is 39.7 Å². The molecule has 1 atom stereocenters. The van der Waals surface area contributed by atoms with Crippen molar-refractivity contribution in [1.82, 2.24) is 15.3 Å². The second-order valence-corrected chi connectivity index (χ2v) is 7.64. The van der Waals surface area contributed by atoms with Crippen LogP contribution in [-0.2, 0) is 14.3 Å². The van der Waals surface area contributed by atoms with Gasteiger partial charge < -0.3 is 10.1 Å². The number of thioether (sulfide) groups is 1. The summed E-state index contributed by atoms with van der Waals surface area (Å²) in [6.07, 6.45) is 1.45. The first-order valence-electron chi connectivity index (χ1n) is 7.54. The summed E-state index contributed by atoms with van der Waals surface area (Å²) < 4.78 is 4.97. The summed E-state index contributed by atoms with van der Waals surface area (Å²) >= 11 is 2.73. The first kappa shape index (κ1) is 19.1. The number of rotatable bonds is 7. The van der Waals surface area contributed by atoms with Crippen molar-refractivity contribution in [2.45, 2.75) is 31.3 Å². The number of fused-ring (bicyclic) bond motifs is 1. The van der Waals surface area contributed by atoms with Crippen molar-refractivity contribution in [3.8, 4) is 6.07 Å². The van der Waals surface area contributed by atoms with Crippen molar-refractivity contribution >= 4 is 45.2 Å². The van der Waals surface area contributed by atoms with Gasteiger partial charge in [-0.2, -0.15) is 5.26 Å². The largest absolute Gasteiger partial charge is 0.455 e. The molecule has 1 N–H and O–H groups in total. The van der Waals surface area contributed by atoms with Gasteiger partial charge in [-0.25, -0.2) is 9.97 Å². The van der Waals surface area contributed by atoms with E-state index in [1.807, 2.05) is 25.3 Å². The number of thiophene rings is 1. The molecule has 0 radical (unpaired) electrons. The minimum absolute atomic E-state index is 0.0366. The predicted molar refractivity (Wildman–Crippen MR) is 96.1 cm³/mol. The quantitative estimate of drug-likeness (QED) is 0.448. The van der Waals surface area contributed by atoms with Gasteiger partial charge in [0.25, 0.3) is 5.91 Å². The second-order valence-electron chi connectivity index (χ2n) is 5.78. The maximum absolute atomic E-state index is 11.9. The third-order valence-electron chi connectivity index (χ3n) is 3.70. The lowest BCUT2D eigenvalue weighted by Crippen LogP contribution is -2.50. The number of nitrogens with zero attached hydrogens (tertiary/aromatic N) is 3. The molecular weight excluding hydrogens is 360 g/mol. The molecular formula is C16H18N4O3S2. The molecule has 0 saturated carbocycles. The summed E-state index contributed by atoms with van der Waals surface area (Å²) in [4.78, 5) is 32.9. The molecule has 2 aromatic heterocycles. The summed E-state index contributed by atoms with van der Waals surface area (Å²) in [5.74, 6) is -1.06. The molecule has 0 aliphatic rings. The van der Waals surface area contributed by atoms with E-state index in [1.165, 1.54) is 29.4 Å². The average molecular weight is 378 g/mol. The maximum Gasteiger partial charge on any atom is 0.316 e. The van der Waals surface area contributed by atoms with E-state index in [2.05, 4.69) is 21.4 Å². The number of amides is 1. The molecule has 7 nitrogen and oxygen atoms in total.